The molecule has 4 rings (SSSR count). The van der Waals surface area contributed by atoms with Crippen LogP contribution < -0.4 is 16.4 Å². The Kier molecular flexibility index (Phi) is 4.81. The largest absolute Gasteiger partial charge is 0.365 e. The van der Waals surface area contributed by atoms with E-state index in [1.165, 1.54) is 42.5 Å². The smallest absolute Gasteiger partial charge is 0.325 e. The fraction of sp³-hybridized carbons (Fsp3) is 0.300. The van der Waals surface area contributed by atoms with Crippen LogP contribution in [0.15, 0.2) is 24.3 Å². The number of thiophene rings is 1. The first-order valence-electron chi connectivity index (χ1n) is 9.35. The average Bonchev–Trinajstić information content (AvgIpc) is 3.31. The fourth-order valence-electron chi connectivity index (χ4n) is 3.88. The molecule has 10 heteroatoms. The highest BCUT2D eigenvalue weighted by Crippen LogP contribution is 2.39. The van der Waals surface area contributed by atoms with Crippen molar-refractivity contribution in [3.05, 3.63) is 51.7 Å². The van der Waals surface area contributed by atoms with E-state index >= 15 is 0 Å². The standard InChI is InChI=1S/C20H19FN4O4S/c1-20(10-5-7-11(21)8-6-10)18(28)25(19(29)24-20)9-14(26)23-17-15(16(22)27)12-3-2-4-13(12)30-17/h5-8H,2-4,9H2,1H3,(H2,22,27)(H,23,26)(H,24,29)/t20-/m0/s1. The number of nitrogens with one attached hydrogen (secondary N) is 2. The number of aryl methyl sites for hydroxylation is 1. The Morgan fingerprint density at radius 1 is 1.27 bits per heavy atom. The van der Waals surface area contributed by atoms with Crippen molar-refractivity contribution in [1.82, 2.24) is 10.2 Å². The van der Waals surface area contributed by atoms with Gasteiger partial charge in [0.1, 0.15) is 22.9 Å². The van der Waals surface area contributed by atoms with Crippen molar-refractivity contribution in [2.75, 3.05) is 11.9 Å². The van der Waals surface area contributed by atoms with Crippen LogP contribution in [0, 0.1) is 5.82 Å². The van der Waals surface area contributed by atoms with E-state index < -0.39 is 41.7 Å². The Morgan fingerprint density at radius 2 is 1.97 bits per heavy atom. The van der Waals surface area contributed by atoms with E-state index in [2.05, 4.69) is 10.6 Å². The number of halogens is 1. The van der Waals surface area contributed by atoms with E-state index in [0.717, 1.165) is 34.6 Å². The molecule has 0 saturated carbocycles. The molecular weight excluding hydrogens is 411 g/mol. The first-order chi connectivity index (χ1) is 14.2. The van der Waals surface area contributed by atoms with E-state index in [-0.39, 0.29) is 0 Å². The molecule has 1 aromatic carbocycles. The van der Waals surface area contributed by atoms with Gasteiger partial charge in [-0.1, -0.05) is 12.1 Å². The van der Waals surface area contributed by atoms with Crippen molar-refractivity contribution in [2.24, 2.45) is 5.73 Å². The normalized spacial score (nSPS) is 20.3. The summed E-state index contributed by atoms with van der Waals surface area (Å²) < 4.78 is 13.2. The predicted molar refractivity (Wildman–Crippen MR) is 107 cm³/mol. The molecule has 2 aliphatic rings. The molecule has 0 spiro atoms. The predicted octanol–water partition coefficient (Wildman–Crippen LogP) is 1.88. The van der Waals surface area contributed by atoms with Crippen LogP contribution in [0.1, 0.15) is 39.7 Å². The maximum atomic E-state index is 13.2. The molecule has 1 atom stereocenters. The highest BCUT2D eigenvalue weighted by molar-refractivity contribution is 7.17. The van der Waals surface area contributed by atoms with Gasteiger partial charge in [0, 0.05) is 4.88 Å². The first-order valence-corrected chi connectivity index (χ1v) is 10.2. The van der Waals surface area contributed by atoms with Crippen LogP contribution in [-0.2, 0) is 28.0 Å². The summed E-state index contributed by atoms with van der Waals surface area (Å²) in [4.78, 5) is 51.5. The number of anilines is 1. The van der Waals surface area contributed by atoms with Crippen LogP contribution in [0.3, 0.4) is 0 Å². The molecule has 1 fully saturated rings. The Hall–Kier alpha value is -3.27. The average molecular weight is 430 g/mol. The topological polar surface area (TPSA) is 122 Å². The van der Waals surface area contributed by atoms with Crippen LogP contribution in [-0.4, -0.2) is 35.2 Å². The zero-order chi connectivity index (χ0) is 21.6. The Labute approximate surface area is 175 Å². The number of nitrogens with two attached hydrogens (primary N) is 1. The molecule has 2 heterocycles. The molecule has 1 aliphatic heterocycles. The maximum Gasteiger partial charge on any atom is 0.325 e. The van der Waals surface area contributed by atoms with E-state index in [1.807, 2.05) is 0 Å². The summed E-state index contributed by atoms with van der Waals surface area (Å²) in [6.45, 7) is 0.968. The minimum atomic E-state index is -1.41. The third-order valence-corrected chi connectivity index (χ3v) is 6.63. The molecule has 8 nitrogen and oxygen atoms in total. The van der Waals surface area contributed by atoms with Gasteiger partial charge in [-0.25, -0.2) is 9.18 Å². The number of fused-ring (bicyclic) bond motifs is 1. The third-order valence-electron chi connectivity index (χ3n) is 5.42. The van der Waals surface area contributed by atoms with Crippen molar-refractivity contribution >= 4 is 40.1 Å². The lowest BCUT2D eigenvalue weighted by Crippen LogP contribution is -2.42. The number of hydrogen-bond donors (Lipinski definition) is 3. The van der Waals surface area contributed by atoms with Gasteiger partial charge in [0.25, 0.3) is 11.8 Å². The van der Waals surface area contributed by atoms with Crippen molar-refractivity contribution in [3.63, 3.8) is 0 Å². The van der Waals surface area contributed by atoms with Crippen molar-refractivity contribution < 1.29 is 23.6 Å². The van der Waals surface area contributed by atoms with Crippen molar-refractivity contribution in [2.45, 2.75) is 31.7 Å². The molecular formula is C20H19FN4O4S. The molecule has 1 saturated heterocycles. The summed E-state index contributed by atoms with van der Waals surface area (Å²) in [5.41, 5.74) is 5.64. The molecule has 0 radical (unpaired) electrons. The van der Waals surface area contributed by atoms with Gasteiger partial charge in [-0.05, 0) is 49.4 Å². The number of benzene rings is 1. The number of carbonyl (C=O) groups is 4. The highest BCUT2D eigenvalue weighted by Gasteiger charge is 2.49. The summed E-state index contributed by atoms with van der Waals surface area (Å²) in [5.74, 6) is -2.34. The molecule has 1 aromatic heterocycles. The summed E-state index contributed by atoms with van der Waals surface area (Å²) in [5, 5.41) is 5.52. The number of amides is 5. The summed E-state index contributed by atoms with van der Waals surface area (Å²) in [7, 11) is 0. The quantitative estimate of drug-likeness (QED) is 0.627. The van der Waals surface area contributed by atoms with E-state index in [0.29, 0.717) is 16.1 Å². The van der Waals surface area contributed by atoms with Gasteiger partial charge in [-0.2, -0.15) is 0 Å². The van der Waals surface area contributed by atoms with Crippen LogP contribution in [0.25, 0.3) is 0 Å². The zero-order valence-corrected chi connectivity index (χ0v) is 16.9. The number of urea groups is 1. The molecule has 1 aliphatic carbocycles. The Morgan fingerprint density at radius 3 is 2.63 bits per heavy atom. The lowest BCUT2D eigenvalue weighted by Gasteiger charge is -2.22. The number of rotatable bonds is 5. The second-order valence-electron chi connectivity index (χ2n) is 7.43. The number of hydrogen-bond acceptors (Lipinski definition) is 5. The number of imide groups is 1. The molecule has 2 aromatic rings. The van der Waals surface area contributed by atoms with Gasteiger partial charge in [0.2, 0.25) is 5.91 Å². The Balaban J connectivity index is 1.52. The first kappa shape index (κ1) is 20.0. The van der Waals surface area contributed by atoms with Gasteiger partial charge < -0.3 is 16.4 Å². The van der Waals surface area contributed by atoms with Crippen LogP contribution >= 0.6 is 11.3 Å². The van der Waals surface area contributed by atoms with E-state index in [1.54, 1.807) is 0 Å². The number of carbonyl (C=O) groups excluding carboxylic acids is 4. The second-order valence-corrected chi connectivity index (χ2v) is 8.53. The van der Waals surface area contributed by atoms with E-state index in [4.69, 9.17) is 5.73 Å². The SMILES string of the molecule is C[C@@]1(c2ccc(F)cc2)NC(=O)N(CC(=O)Nc2sc3c(c2C(N)=O)CCC3)C1=O. The van der Waals surface area contributed by atoms with Gasteiger partial charge in [-0.3, -0.25) is 19.3 Å². The van der Waals surface area contributed by atoms with Gasteiger partial charge in [0.05, 0.1) is 5.56 Å². The zero-order valence-electron chi connectivity index (χ0n) is 16.1. The maximum absolute atomic E-state index is 13.2. The molecule has 0 bridgehead atoms. The van der Waals surface area contributed by atoms with Gasteiger partial charge in [0.15, 0.2) is 0 Å². The number of nitrogens with zero attached hydrogens (tertiary/aromatic N) is 1. The van der Waals surface area contributed by atoms with Crippen molar-refractivity contribution in [3.8, 4) is 0 Å². The molecule has 156 valence electrons. The summed E-state index contributed by atoms with van der Waals surface area (Å²) in [6, 6.07) is 4.46. The summed E-state index contributed by atoms with van der Waals surface area (Å²) >= 11 is 1.29. The molecule has 30 heavy (non-hydrogen) atoms. The van der Waals surface area contributed by atoms with E-state index in [9.17, 15) is 23.6 Å². The van der Waals surface area contributed by atoms with Crippen LogP contribution in [0.2, 0.25) is 0 Å². The van der Waals surface area contributed by atoms with Gasteiger partial charge in [-0.15, -0.1) is 11.3 Å². The third kappa shape index (κ3) is 3.22. The minimum absolute atomic E-state index is 0.300. The van der Waals surface area contributed by atoms with Gasteiger partial charge >= 0.3 is 6.03 Å². The highest BCUT2D eigenvalue weighted by atomic mass is 32.1. The second kappa shape index (κ2) is 7.21. The van der Waals surface area contributed by atoms with Crippen LogP contribution in [0.5, 0.6) is 0 Å². The van der Waals surface area contributed by atoms with Crippen molar-refractivity contribution in [1.29, 1.82) is 0 Å². The monoisotopic (exact) mass is 430 g/mol. The summed E-state index contributed by atoms with van der Waals surface area (Å²) in [6.07, 6.45) is 2.47. The number of primary amides is 1. The molecule has 5 amide bonds. The lowest BCUT2D eigenvalue weighted by atomic mass is 9.92. The van der Waals surface area contributed by atoms with Crippen LogP contribution in [0.4, 0.5) is 14.2 Å². The minimum Gasteiger partial charge on any atom is -0.365 e. The molecule has 4 N–H and O–H groups in total. The Bertz CT molecular complexity index is 1080. The fourth-order valence-corrected chi connectivity index (χ4v) is 5.19. The lowest BCUT2D eigenvalue weighted by molar-refractivity contribution is -0.133. The molecule has 0 unspecified atom stereocenters.